The second kappa shape index (κ2) is 9.88. The summed E-state index contributed by atoms with van der Waals surface area (Å²) in [7, 11) is 0. The van der Waals surface area contributed by atoms with Crippen molar-refractivity contribution in [3.63, 3.8) is 0 Å². The second-order valence-electron chi connectivity index (χ2n) is 2.73. The number of hydrogen-bond donors (Lipinski definition) is 2. The minimum atomic E-state index is -0.0462. The Morgan fingerprint density at radius 1 is 1.00 bits per heavy atom. The normalized spacial score (nSPS) is 13.2. The molecule has 0 fully saturated rings. The fourth-order valence-corrected chi connectivity index (χ4v) is 0.658. The molecular formula is C8H18O5. The molecule has 5 nitrogen and oxygen atoms in total. The van der Waals surface area contributed by atoms with Gasteiger partial charge in [-0.3, -0.25) is 0 Å². The number of ether oxygens (including phenoxy) is 1. The summed E-state index contributed by atoms with van der Waals surface area (Å²) in [6.45, 7) is 3.42. The smallest absolute Gasteiger partial charge is 0.105 e. The van der Waals surface area contributed by atoms with Crippen molar-refractivity contribution >= 4 is 0 Å². The summed E-state index contributed by atoms with van der Waals surface area (Å²) in [6.07, 6.45) is 0. The SMILES string of the molecule is CC(COCCO)COOCCO. The van der Waals surface area contributed by atoms with Crippen LogP contribution in [0.1, 0.15) is 6.92 Å². The minimum absolute atomic E-state index is 0.0363. The van der Waals surface area contributed by atoms with Crippen molar-refractivity contribution in [2.45, 2.75) is 6.92 Å². The highest BCUT2D eigenvalue weighted by Crippen LogP contribution is 1.96. The molecule has 0 amide bonds. The molecule has 0 saturated carbocycles. The third-order valence-corrected chi connectivity index (χ3v) is 1.25. The van der Waals surface area contributed by atoms with Crippen molar-refractivity contribution in [2.24, 2.45) is 5.92 Å². The second-order valence-corrected chi connectivity index (χ2v) is 2.73. The summed E-state index contributed by atoms with van der Waals surface area (Å²) in [5, 5.41) is 16.8. The molecule has 2 N–H and O–H groups in total. The van der Waals surface area contributed by atoms with Crippen molar-refractivity contribution in [1.82, 2.24) is 0 Å². The van der Waals surface area contributed by atoms with Gasteiger partial charge in [0.25, 0.3) is 0 Å². The van der Waals surface area contributed by atoms with Crippen molar-refractivity contribution in [3.8, 4) is 0 Å². The van der Waals surface area contributed by atoms with E-state index in [-0.39, 0.29) is 25.7 Å². The van der Waals surface area contributed by atoms with Crippen LogP contribution in [0.5, 0.6) is 0 Å². The van der Waals surface area contributed by atoms with E-state index in [9.17, 15) is 0 Å². The zero-order chi connectivity index (χ0) is 9.94. The zero-order valence-electron chi connectivity index (χ0n) is 7.94. The van der Waals surface area contributed by atoms with E-state index < -0.39 is 0 Å². The zero-order valence-corrected chi connectivity index (χ0v) is 7.94. The lowest BCUT2D eigenvalue weighted by Crippen LogP contribution is -2.15. The molecule has 0 heterocycles. The molecule has 0 rings (SSSR count). The molecule has 5 heteroatoms. The summed E-state index contributed by atoms with van der Waals surface area (Å²) in [5.41, 5.74) is 0. The average Bonchev–Trinajstić information content (AvgIpc) is 2.13. The maximum absolute atomic E-state index is 8.42. The molecular weight excluding hydrogens is 176 g/mol. The molecule has 0 aromatic heterocycles. The van der Waals surface area contributed by atoms with Gasteiger partial charge in [-0.25, -0.2) is 9.78 Å². The van der Waals surface area contributed by atoms with Crippen LogP contribution >= 0.6 is 0 Å². The molecule has 0 aromatic rings. The van der Waals surface area contributed by atoms with Gasteiger partial charge in [0.05, 0.1) is 33.0 Å². The standard InChI is InChI=1S/C8H18O5/c1-8(6-11-4-2-9)7-13-12-5-3-10/h8-10H,2-7H2,1H3. The molecule has 1 atom stereocenters. The van der Waals surface area contributed by atoms with Crippen LogP contribution in [0.2, 0.25) is 0 Å². The molecule has 0 saturated heterocycles. The van der Waals surface area contributed by atoms with Gasteiger partial charge in [-0.2, -0.15) is 0 Å². The highest BCUT2D eigenvalue weighted by atomic mass is 17.2. The van der Waals surface area contributed by atoms with E-state index >= 15 is 0 Å². The topological polar surface area (TPSA) is 68.2 Å². The van der Waals surface area contributed by atoms with Gasteiger partial charge in [0.1, 0.15) is 6.61 Å². The first kappa shape index (κ1) is 12.8. The van der Waals surface area contributed by atoms with Crippen LogP contribution in [0.3, 0.4) is 0 Å². The fourth-order valence-electron chi connectivity index (χ4n) is 0.658. The van der Waals surface area contributed by atoms with Gasteiger partial charge in [0, 0.05) is 5.92 Å². The molecule has 1 unspecified atom stereocenters. The van der Waals surface area contributed by atoms with Crippen molar-refractivity contribution < 1.29 is 24.7 Å². The van der Waals surface area contributed by atoms with Crippen LogP contribution in [0, 0.1) is 5.92 Å². The highest BCUT2D eigenvalue weighted by Gasteiger charge is 2.02. The van der Waals surface area contributed by atoms with Crippen LogP contribution in [-0.2, 0) is 14.5 Å². The first-order valence-corrected chi connectivity index (χ1v) is 4.35. The molecule has 0 radical (unpaired) electrons. The average molecular weight is 194 g/mol. The molecule has 13 heavy (non-hydrogen) atoms. The Balaban J connectivity index is 3.05. The summed E-state index contributed by atoms with van der Waals surface area (Å²) < 4.78 is 5.07. The lowest BCUT2D eigenvalue weighted by Gasteiger charge is -2.10. The molecule has 80 valence electrons. The van der Waals surface area contributed by atoms with E-state index in [2.05, 4.69) is 4.89 Å². The fraction of sp³-hybridized carbons (Fsp3) is 1.00. The van der Waals surface area contributed by atoms with Crippen LogP contribution < -0.4 is 0 Å². The molecule has 0 aliphatic carbocycles. The molecule has 0 spiro atoms. The lowest BCUT2D eigenvalue weighted by atomic mass is 10.2. The summed E-state index contributed by atoms with van der Waals surface area (Å²) in [4.78, 5) is 9.37. The maximum atomic E-state index is 8.42. The van der Waals surface area contributed by atoms with Crippen LogP contribution in [0.15, 0.2) is 0 Å². The Hall–Kier alpha value is -0.200. The lowest BCUT2D eigenvalue weighted by molar-refractivity contribution is -0.304. The van der Waals surface area contributed by atoms with E-state index in [4.69, 9.17) is 19.8 Å². The van der Waals surface area contributed by atoms with Gasteiger partial charge in [-0.1, -0.05) is 6.92 Å². The van der Waals surface area contributed by atoms with E-state index in [1.807, 2.05) is 6.92 Å². The van der Waals surface area contributed by atoms with Crippen LogP contribution in [0.25, 0.3) is 0 Å². The van der Waals surface area contributed by atoms with Gasteiger partial charge < -0.3 is 14.9 Å². The van der Waals surface area contributed by atoms with Crippen molar-refractivity contribution in [3.05, 3.63) is 0 Å². The number of hydrogen-bond acceptors (Lipinski definition) is 5. The predicted octanol–water partition coefficient (Wildman–Crippen LogP) is -0.428. The van der Waals surface area contributed by atoms with E-state index in [1.54, 1.807) is 0 Å². The van der Waals surface area contributed by atoms with Gasteiger partial charge in [0.15, 0.2) is 0 Å². The summed E-state index contributed by atoms with van der Waals surface area (Å²) in [5.74, 6) is 0.213. The number of rotatable bonds is 9. The third kappa shape index (κ3) is 9.72. The Morgan fingerprint density at radius 2 is 1.69 bits per heavy atom. The monoisotopic (exact) mass is 194 g/mol. The molecule has 0 aliphatic heterocycles. The number of aliphatic hydroxyl groups excluding tert-OH is 2. The van der Waals surface area contributed by atoms with Crippen molar-refractivity contribution in [2.75, 3.05) is 39.6 Å². The first-order valence-electron chi connectivity index (χ1n) is 4.35. The largest absolute Gasteiger partial charge is 0.394 e. The highest BCUT2D eigenvalue weighted by molar-refractivity contribution is 4.46. The molecule has 0 aromatic carbocycles. The Labute approximate surface area is 78.2 Å². The number of aliphatic hydroxyl groups is 2. The maximum Gasteiger partial charge on any atom is 0.105 e. The third-order valence-electron chi connectivity index (χ3n) is 1.25. The minimum Gasteiger partial charge on any atom is -0.394 e. The van der Waals surface area contributed by atoms with Crippen LogP contribution in [0.4, 0.5) is 0 Å². The van der Waals surface area contributed by atoms with E-state index in [1.165, 1.54) is 0 Å². The quantitative estimate of drug-likeness (QED) is 0.296. The van der Waals surface area contributed by atoms with Crippen LogP contribution in [-0.4, -0.2) is 49.9 Å². The van der Waals surface area contributed by atoms with Gasteiger partial charge in [0.2, 0.25) is 0 Å². The van der Waals surface area contributed by atoms with Gasteiger partial charge in [-0.15, -0.1) is 0 Å². The molecule has 0 aliphatic rings. The van der Waals surface area contributed by atoms with E-state index in [0.717, 1.165) is 0 Å². The first-order chi connectivity index (χ1) is 6.31. The molecule has 0 bridgehead atoms. The summed E-state index contributed by atoms with van der Waals surface area (Å²) in [6, 6.07) is 0. The van der Waals surface area contributed by atoms with Gasteiger partial charge >= 0.3 is 0 Å². The Kier molecular flexibility index (Phi) is 9.73. The van der Waals surface area contributed by atoms with Gasteiger partial charge in [-0.05, 0) is 0 Å². The predicted molar refractivity (Wildman–Crippen MR) is 46.1 cm³/mol. The Morgan fingerprint density at radius 3 is 2.31 bits per heavy atom. The van der Waals surface area contributed by atoms with Crippen molar-refractivity contribution in [1.29, 1.82) is 0 Å². The summed E-state index contributed by atoms with van der Waals surface area (Å²) >= 11 is 0. The van der Waals surface area contributed by atoms with E-state index in [0.29, 0.717) is 19.8 Å². The Bertz CT molecular complexity index is 98.5.